The second-order valence-electron chi connectivity index (χ2n) is 4.47. The van der Waals surface area contributed by atoms with Crippen molar-refractivity contribution < 1.29 is 13.2 Å². The highest BCUT2D eigenvalue weighted by atomic mass is 32.2. The number of aromatic amines is 1. The number of rotatable bonds is 8. The molecule has 110 valence electrons. The molecule has 6 nitrogen and oxygen atoms in total. The molecule has 0 aliphatic carbocycles. The van der Waals surface area contributed by atoms with Gasteiger partial charge < -0.3 is 15.0 Å². The van der Waals surface area contributed by atoms with E-state index in [0.717, 1.165) is 12.2 Å². The molecule has 19 heavy (non-hydrogen) atoms. The van der Waals surface area contributed by atoms with Gasteiger partial charge in [-0.25, -0.2) is 8.42 Å². The number of sulfonamides is 1. The van der Waals surface area contributed by atoms with Crippen molar-refractivity contribution in [2.24, 2.45) is 0 Å². The van der Waals surface area contributed by atoms with Crippen LogP contribution >= 0.6 is 0 Å². The smallest absolute Gasteiger partial charge is 0.244 e. The van der Waals surface area contributed by atoms with Crippen molar-refractivity contribution >= 4 is 10.0 Å². The Balaban J connectivity index is 2.84. The number of likely N-dealkylation sites (N-methyl/N-ethyl adjacent to an activating group) is 1. The van der Waals surface area contributed by atoms with Gasteiger partial charge in [-0.3, -0.25) is 0 Å². The van der Waals surface area contributed by atoms with Crippen LogP contribution in [-0.2, 0) is 21.3 Å². The summed E-state index contributed by atoms with van der Waals surface area (Å²) in [6.07, 6.45) is 1.53. The number of ether oxygens (including phenoxy) is 1. The lowest BCUT2D eigenvalue weighted by atomic mass is 10.4. The first-order valence-corrected chi connectivity index (χ1v) is 7.72. The van der Waals surface area contributed by atoms with E-state index in [4.69, 9.17) is 4.74 Å². The quantitative estimate of drug-likeness (QED) is 0.741. The maximum Gasteiger partial charge on any atom is 0.244 e. The van der Waals surface area contributed by atoms with Crippen molar-refractivity contribution in [3.05, 3.63) is 18.0 Å². The van der Waals surface area contributed by atoms with Gasteiger partial charge in [0.1, 0.15) is 0 Å². The molecule has 0 aliphatic heterocycles. The first-order valence-electron chi connectivity index (χ1n) is 6.28. The van der Waals surface area contributed by atoms with Crippen LogP contribution in [0.25, 0.3) is 0 Å². The van der Waals surface area contributed by atoms with Gasteiger partial charge in [-0.05, 0) is 19.5 Å². The minimum atomic E-state index is -3.47. The number of methoxy groups -OCH3 is 1. The average molecular weight is 289 g/mol. The molecule has 1 atom stereocenters. The third-order valence-corrected chi connectivity index (χ3v) is 4.94. The molecule has 0 bridgehead atoms. The van der Waals surface area contributed by atoms with Crippen LogP contribution in [0.5, 0.6) is 0 Å². The molecule has 0 aromatic carbocycles. The van der Waals surface area contributed by atoms with Crippen molar-refractivity contribution in [1.29, 1.82) is 0 Å². The van der Waals surface area contributed by atoms with E-state index in [9.17, 15) is 8.42 Å². The molecule has 1 aromatic rings. The fraction of sp³-hybridized carbons (Fsp3) is 0.667. The molecular formula is C12H23N3O3S. The first kappa shape index (κ1) is 16.2. The average Bonchev–Trinajstić information content (AvgIpc) is 2.85. The highest BCUT2D eigenvalue weighted by Crippen LogP contribution is 2.17. The number of H-pyrrole nitrogens is 1. The number of nitrogens with zero attached hydrogens (tertiary/aromatic N) is 1. The van der Waals surface area contributed by atoms with Crippen molar-refractivity contribution in [3.8, 4) is 0 Å². The Morgan fingerprint density at radius 1 is 1.53 bits per heavy atom. The minimum absolute atomic E-state index is 0.206. The molecule has 0 aliphatic rings. The fourth-order valence-electron chi connectivity index (χ4n) is 1.68. The maximum atomic E-state index is 12.4. The van der Waals surface area contributed by atoms with E-state index in [0.29, 0.717) is 13.2 Å². The van der Waals surface area contributed by atoms with E-state index in [-0.39, 0.29) is 10.9 Å². The van der Waals surface area contributed by atoms with Crippen LogP contribution < -0.4 is 5.32 Å². The zero-order chi connectivity index (χ0) is 14.5. The van der Waals surface area contributed by atoms with Crippen LogP contribution in [0, 0.1) is 0 Å². The zero-order valence-corrected chi connectivity index (χ0v) is 12.8. The van der Waals surface area contributed by atoms with E-state index in [2.05, 4.69) is 10.3 Å². The molecule has 0 fully saturated rings. The second-order valence-corrected chi connectivity index (χ2v) is 6.46. The molecule has 0 saturated heterocycles. The lowest BCUT2D eigenvalue weighted by Gasteiger charge is -2.22. The summed E-state index contributed by atoms with van der Waals surface area (Å²) in [5.74, 6) is 0. The van der Waals surface area contributed by atoms with Gasteiger partial charge in [0.05, 0.1) is 11.5 Å². The largest absolute Gasteiger partial charge is 0.383 e. The monoisotopic (exact) mass is 289 g/mol. The molecule has 0 radical (unpaired) electrons. The highest BCUT2D eigenvalue weighted by molar-refractivity contribution is 7.89. The molecule has 7 heteroatoms. The van der Waals surface area contributed by atoms with Crippen molar-refractivity contribution in [2.75, 3.05) is 27.3 Å². The summed E-state index contributed by atoms with van der Waals surface area (Å²) in [6.45, 7) is 5.65. The Bertz CT molecular complexity index is 484. The predicted molar refractivity (Wildman–Crippen MR) is 74.5 cm³/mol. The van der Waals surface area contributed by atoms with Gasteiger partial charge >= 0.3 is 0 Å². The normalized spacial score (nSPS) is 13.9. The third-order valence-electron chi connectivity index (χ3n) is 2.99. The topological polar surface area (TPSA) is 74.4 Å². The molecule has 0 spiro atoms. The minimum Gasteiger partial charge on any atom is -0.383 e. The summed E-state index contributed by atoms with van der Waals surface area (Å²) in [6, 6.07) is 1.45. The van der Waals surface area contributed by atoms with Crippen LogP contribution in [0.15, 0.2) is 17.2 Å². The Hall–Kier alpha value is -0.890. The van der Waals surface area contributed by atoms with Gasteiger partial charge in [0.25, 0.3) is 0 Å². The second kappa shape index (κ2) is 7.04. The van der Waals surface area contributed by atoms with E-state index in [1.54, 1.807) is 20.2 Å². The lowest BCUT2D eigenvalue weighted by molar-refractivity contribution is 0.149. The Morgan fingerprint density at radius 2 is 2.21 bits per heavy atom. The van der Waals surface area contributed by atoms with Crippen LogP contribution in [0.3, 0.4) is 0 Å². The number of nitrogens with one attached hydrogen (secondary N) is 2. The van der Waals surface area contributed by atoms with E-state index in [1.807, 2.05) is 13.8 Å². The van der Waals surface area contributed by atoms with Gasteiger partial charge in [-0.15, -0.1) is 0 Å². The fourth-order valence-corrected chi connectivity index (χ4v) is 3.05. The van der Waals surface area contributed by atoms with Crippen molar-refractivity contribution in [2.45, 2.75) is 31.3 Å². The van der Waals surface area contributed by atoms with Gasteiger partial charge in [0.2, 0.25) is 10.0 Å². The van der Waals surface area contributed by atoms with Crippen molar-refractivity contribution in [3.63, 3.8) is 0 Å². The predicted octanol–water partition coefficient (Wildman–Crippen LogP) is 0.780. The summed E-state index contributed by atoms with van der Waals surface area (Å²) < 4.78 is 31.1. The molecule has 2 N–H and O–H groups in total. The number of aromatic nitrogens is 1. The SMILES string of the molecule is CCNCc1cc(S(=O)(=O)N(C)C(C)COC)c[nH]1. The standard InChI is InChI=1S/C12H23N3O3S/c1-5-13-7-11-6-12(8-14-11)19(16,17)15(3)10(2)9-18-4/h6,8,10,13-14H,5,7,9H2,1-4H3. The summed E-state index contributed by atoms with van der Waals surface area (Å²) in [5, 5.41) is 3.14. The Kier molecular flexibility index (Phi) is 5.99. The van der Waals surface area contributed by atoms with Gasteiger partial charge in [0, 0.05) is 38.6 Å². The molecule has 1 unspecified atom stereocenters. The number of hydrogen-bond acceptors (Lipinski definition) is 4. The summed E-state index contributed by atoms with van der Waals surface area (Å²) in [7, 11) is -0.348. The van der Waals surface area contributed by atoms with E-state index >= 15 is 0 Å². The van der Waals surface area contributed by atoms with E-state index in [1.165, 1.54) is 10.5 Å². The Morgan fingerprint density at radius 3 is 2.79 bits per heavy atom. The third kappa shape index (κ3) is 4.04. The highest BCUT2D eigenvalue weighted by Gasteiger charge is 2.26. The summed E-state index contributed by atoms with van der Waals surface area (Å²) >= 11 is 0. The van der Waals surface area contributed by atoms with Gasteiger partial charge in [-0.1, -0.05) is 6.92 Å². The lowest BCUT2D eigenvalue weighted by Crippen LogP contribution is -2.37. The van der Waals surface area contributed by atoms with Gasteiger partial charge in [0.15, 0.2) is 0 Å². The summed E-state index contributed by atoms with van der Waals surface area (Å²) in [5.41, 5.74) is 0.855. The summed E-state index contributed by atoms with van der Waals surface area (Å²) in [4.78, 5) is 3.26. The molecule has 1 aromatic heterocycles. The van der Waals surface area contributed by atoms with Crippen LogP contribution in [0.1, 0.15) is 19.5 Å². The van der Waals surface area contributed by atoms with Crippen LogP contribution in [0.2, 0.25) is 0 Å². The molecule has 1 rings (SSSR count). The zero-order valence-electron chi connectivity index (χ0n) is 11.9. The van der Waals surface area contributed by atoms with Crippen molar-refractivity contribution in [1.82, 2.24) is 14.6 Å². The number of hydrogen-bond donors (Lipinski definition) is 2. The van der Waals surface area contributed by atoms with E-state index < -0.39 is 10.0 Å². The molecular weight excluding hydrogens is 266 g/mol. The van der Waals surface area contributed by atoms with Crippen LogP contribution in [0.4, 0.5) is 0 Å². The Labute approximate surface area is 115 Å². The molecule has 1 heterocycles. The first-order chi connectivity index (χ1) is 8.93. The van der Waals surface area contributed by atoms with Crippen LogP contribution in [-0.4, -0.2) is 51.1 Å². The molecule has 0 amide bonds. The maximum absolute atomic E-state index is 12.4. The van der Waals surface area contributed by atoms with Gasteiger partial charge in [-0.2, -0.15) is 4.31 Å². The molecule has 0 saturated carbocycles.